The Morgan fingerprint density at radius 2 is 1.77 bits per heavy atom. The maximum absolute atomic E-state index is 12.5. The van der Waals surface area contributed by atoms with E-state index in [1.165, 1.54) is 11.4 Å². The van der Waals surface area contributed by atoms with Gasteiger partial charge >= 0.3 is 0 Å². The number of nitrogens with two attached hydrogens (primary N) is 2. The van der Waals surface area contributed by atoms with E-state index in [-0.39, 0.29) is 11.8 Å². The highest BCUT2D eigenvalue weighted by molar-refractivity contribution is 6.02. The van der Waals surface area contributed by atoms with Gasteiger partial charge in [0.05, 0.1) is 11.4 Å². The van der Waals surface area contributed by atoms with Crippen molar-refractivity contribution in [2.75, 3.05) is 23.0 Å². The fourth-order valence-corrected chi connectivity index (χ4v) is 4.38. The molecule has 0 spiro atoms. The standard InChI is InChI=1S/C20H30N4O2/c1-2-17(25)24(22)19-16(23-12-6-7-13-23)11-10-15(20(21)26)18(19)14-8-4-3-5-9-14/h10-11,14H,2-9,12-13,22H2,1H3,(H2,21,26). The average molecular weight is 358 g/mol. The molecule has 1 aromatic carbocycles. The molecule has 4 N–H and O–H groups in total. The Kier molecular flexibility index (Phi) is 5.81. The molecule has 6 nitrogen and oxygen atoms in total. The molecule has 2 amide bonds. The lowest BCUT2D eigenvalue weighted by molar-refractivity contribution is -0.118. The Bertz CT molecular complexity index is 677. The van der Waals surface area contributed by atoms with Gasteiger partial charge in [-0.2, -0.15) is 0 Å². The zero-order valence-corrected chi connectivity index (χ0v) is 15.7. The van der Waals surface area contributed by atoms with Gasteiger partial charge in [0.15, 0.2) is 0 Å². The highest BCUT2D eigenvalue weighted by atomic mass is 16.2. The van der Waals surface area contributed by atoms with E-state index in [4.69, 9.17) is 11.6 Å². The van der Waals surface area contributed by atoms with Crippen LogP contribution in [-0.4, -0.2) is 24.9 Å². The summed E-state index contributed by atoms with van der Waals surface area (Å²) in [5.74, 6) is 5.92. The van der Waals surface area contributed by atoms with Crippen molar-refractivity contribution in [3.05, 3.63) is 23.3 Å². The fourth-order valence-electron chi connectivity index (χ4n) is 4.38. The lowest BCUT2D eigenvalue weighted by atomic mass is 9.80. The average Bonchev–Trinajstić information content (AvgIpc) is 3.20. The Labute approximate surface area is 155 Å². The van der Waals surface area contributed by atoms with Crippen LogP contribution in [-0.2, 0) is 4.79 Å². The van der Waals surface area contributed by atoms with Gasteiger partial charge in [0.2, 0.25) is 11.8 Å². The predicted octanol–water partition coefficient (Wildman–Crippen LogP) is 3.05. The predicted molar refractivity (Wildman–Crippen MR) is 104 cm³/mol. The van der Waals surface area contributed by atoms with Crippen molar-refractivity contribution >= 4 is 23.2 Å². The van der Waals surface area contributed by atoms with Crippen molar-refractivity contribution in [2.24, 2.45) is 11.6 Å². The topological polar surface area (TPSA) is 92.7 Å². The molecule has 2 aliphatic rings. The van der Waals surface area contributed by atoms with Crippen molar-refractivity contribution in [3.63, 3.8) is 0 Å². The van der Waals surface area contributed by atoms with E-state index in [0.29, 0.717) is 17.7 Å². The van der Waals surface area contributed by atoms with Crippen LogP contribution < -0.4 is 21.5 Å². The number of anilines is 2. The number of amides is 2. The Morgan fingerprint density at radius 3 is 2.35 bits per heavy atom. The third-order valence-electron chi connectivity index (χ3n) is 5.73. The van der Waals surface area contributed by atoms with Gasteiger partial charge in [-0.15, -0.1) is 0 Å². The molecule has 26 heavy (non-hydrogen) atoms. The van der Waals surface area contributed by atoms with Crippen LogP contribution in [0.4, 0.5) is 11.4 Å². The van der Waals surface area contributed by atoms with Gasteiger partial charge in [0.1, 0.15) is 0 Å². The van der Waals surface area contributed by atoms with Crippen LogP contribution in [0.15, 0.2) is 12.1 Å². The number of hydrogen-bond acceptors (Lipinski definition) is 4. The second-order valence-corrected chi connectivity index (χ2v) is 7.41. The van der Waals surface area contributed by atoms with Crippen LogP contribution in [0.2, 0.25) is 0 Å². The normalized spacial score (nSPS) is 18.2. The van der Waals surface area contributed by atoms with Gasteiger partial charge in [-0.25, -0.2) is 10.9 Å². The second kappa shape index (κ2) is 8.08. The summed E-state index contributed by atoms with van der Waals surface area (Å²) >= 11 is 0. The molecule has 1 aromatic rings. The molecule has 1 heterocycles. The van der Waals surface area contributed by atoms with E-state index in [1.54, 1.807) is 6.92 Å². The van der Waals surface area contributed by atoms with E-state index >= 15 is 0 Å². The largest absolute Gasteiger partial charge is 0.370 e. The Morgan fingerprint density at radius 1 is 1.12 bits per heavy atom. The summed E-state index contributed by atoms with van der Waals surface area (Å²) in [6.45, 7) is 3.69. The van der Waals surface area contributed by atoms with Crippen LogP contribution in [0.25, 0.3) is 0 Å². The number of hydrazine groups is 1. The minimum atomic E-state index is -0.447. The number of benzene rings is 1. The summed E-state index contributed by atoms with van der Waals surface area (Å²) in [6, 6.07) is 3.74. The molecule has 3 rings (SSSR count). The van der Waals surface area contributed by atoms with E-state index in [2.05, 4.69) is 4.90 Å². The third kappa shape index (κ3) is 3.56. The zero-order chi connectivity index (χ0) is 18.7. The molecule has 0 bridgehead atoms. The van der Waals surface area contributed by atoms with E-state index < -0.39 is 5.91 Å². The van der Waals surface area contributed by atoms with E-state index in [9.17, 15) is 9.59 Å². The van der Waals surface area contributed by atoms with Gasteiger partial charge in [0, 0.05) is 25.1 Å². The fraction of sp³-hybridized carbons (Fsp3) is 0.600. The minimum absolute atomic E-state index is 0.149. The van der Waals surface area contributed by atoms with Crippen LogP contribution in [0, 0.1) is 0 Å². The molecule has 1 aliphatic carbocycles. The molecular weight excluding hydrogens is 328 g/mol. The van der Waals surface area contributed by atoms with Crippen molar-refractivity contribution in [3.8, 4) is 0 Å². The molecule has 0 radical (unpaired) electrons. The molecular formula is C20H30N4O2. The number of nitrogens with zero attached hydrogens (tertiary/aromatic N) is 2. The lowest BCUT2D eigenvalue weighted by Crippen LogP contribution is -2.40. The van der Waals surface area contributed by atoms with E-state index in [0.717, 1.165) is 62.9 Å². The summed E-state index contributed by atoms with van der Waals surface area (Å²) in [5.41, 5.74) is 8.75. The summed E-state index contributed by atoms with van der Waals surface area (Å²) in [6.07, 6.45) is 8.05. The van der Waals surface area contributed by atoms with Crippen LogP contribution >= 0.6 is 0 Å². The first kappa shape index (κ1) is 18.7. The molecule has 1 aliphatic heterocycles. The van der Waals surface area contributed by atoms with Gasteiger partial charge in [-0.05, 0) is 49.3 Å². The molecule has 142 valence electrons. The summed E-state index contributed by atoms with van der Waals surface area (Å²) in [7, 11) is 0. The smallest absolute Gasteiger partial charge is 0.249 e. The van der Waals surface area contributed by atoms with Gasteiger partial charge in [0.25, 0.3) is 0 Å². The maximum atomic E-state index is 12.5. The van der Waals surface area contributed by atoms with Gasteiger partial charge in [-0.3, -0.25) is 9.59 Å². The Balaban J connectivity index is 2.19. The number of carbonyl (C=O) groups excluding carboxylic acids is 2. The molecule has 0 atom stereocenters. The second-order valence-electron chi connectivity index (χ2n) is 7.41. The number of primary amides is 1. The summed E-state index contributed by atoms with van der Waals surface area (Å²) < 4.78 is 0. The minimum Gasteiger partial charge on any atom is -0.370 e. The third-order valence-corrected chi connectivity index (χ3v) is 5.73. The zero-order valence-electron chi connectivity index (χ0n) is 15.7. The molecule has 6 heteroatoms. The lowest BCUT2D eigenvalue weighted by Gasteiger charge is -2.33. The molecule has 0 unspecified atom stereocenters. The first-order valence-electron chi connectivity index (χ1n) is 9.83. The first-order chi connectivity index (χ1) is 12.5. The van der Waals surface area contributed by atoms with Crippen LogP contribution in [0.3, 0.4) is 0 Å². The van der Waals surface area contributed by atoms with Crippen molar-refractivity contribution in [2.45, 2.75) is 64.2 Å². The van der Waals surface area contributed by atoms with Crippen molar-refractivity contribution < 1.29 is 9.59 Å². The van der Waals surface area contributed by atoms with Gasteiger partial charge < -0.3 is 10.6 Å². The SMILES string of the molecule is CCC(=O)N(N)c1c(N2CCCC2)ccc(C(N)=O)c1C1CCCCC1. The number of rotatable bonds is 5. The monoisotopic (exact) mass is 358 g/mol. The molecule has 0 aromatic heterocycles. The van der Waals surface area contributed by atoms with Gasteiger partial charge in [-0.1, -0.05) is 26.2 Å². The Hall–Kier alpha value is -2.08. The maximum Gasteiger partial charge on any atom is 0.249 e. The summed E-state index contributed by atoms with van der Waals surface area (Å²) in [5, 5.41) is 1.27. The highest BCUT2D eigenvalue weighted by Crippen LogP contribution is 2.44. The van der Waals surface area contributed by atoms with Crippen molar-refractivity contribution in [1.82, 2.24) is 0 Å². The molecule has 2 fully saturated rings. The first-order valence-corrected chi connectivity index (χ1v) is 9.83. The summed E-state index contributed by atoms with van der Waals surface area (Å²) in [4.78, 5) is 26.9. The quantitative estimate of drug-likeness (QED) is 0.481. The number of hydrogen-bond donors (Lipinski definition) is 2. The highest BCUT2D eigenvalue weighted by Gasteiger charge is 2.31. The number of carbonyl (C=O) groups is 2. The van der Waals surface area contributed by atoms with Crippen LogP contribution in [0.5, 0.6) is 0 Å². The van der Waals surface area contributed by atoms with E-state index in [1.807, 2.05) is 12.1 Å². The van der Waals surface area contributed by atoms with Crippen molar-refractivity contribution in [1.29, 1.82) is 0 Å². The van der Waals surface area contributed by atoms with Crippen LogP contribution in [0.1, 0.15) is 80.1 Å². The molecule has 1 saturated carbocycles. The molecule has 1 saturated heterocycles.